The fraction of sp³-hybridized carbons (Fsp3) is 0.280. The Morgan fingerprint density at radius 3 is 2.86 bits per heavy atom. The number of rotatable bonds is 5. The number of benzene rings is 2. The quantitative estimate of drug-likeness (QED) is 0.361. The Hall–Kier alpha value is -3.79. The van der Waals surface area contributed by atoms with Gasteiger partial charge in [-0.05, 0) is 49.6 Å². The maximum absolute atomic E-state index is 13.0. The topological polar surface area (TPSA) is 110 Å². The summed E-state index contributed by atoms with van der Waals surface area (Å²) in [5, 5.41) is 0.534. The third kappa shape index (κ3) is 4.14. The molecule has 0 aliphatic carbocycles. The molecule has 1 amide bonds. The van der Waals surface area contributed by atoms with Crippen LogP contribution >= 0.6 is 11.8 Å². The van der Waals surface area contributed by atoms with Crippen LogP contribution in [0.3, 0.4) is 0 Å². The SMILES string of the molecule is Cc1ccc2oc(SCc3nc(C(=O)N4CCC(n5c(=O)[nH]c6ccccc65)CC4)co3)nc2c1. The number of amides is 1. The van der Waals surface area contributed by atoms with E-state index in [1.165, 1.54) is 18.0 Å². The smallest absolute Gasteiger partial charge is 0.326 e. The zero-order chi connectivity index (χ0) is 23.9. The van der Waals surface area contributed by atoms with Gasteiger partial charge in [-0.25, -0.2) is 14.8 Å². The molecule has 3 aromatic heterocycles. The number of nitrogens with zero attached hydrogens (tertiary/aromatic N) is 4. The van der Waals surface area contributed by atoms with Crippen molar-refractivity contribution in [2.45, 2.75) is 36.8 Å². The minimum absolute atomic E-state index is 0.0482. The molecule has 0 unspecified atom stereocenters. The fourth-order valence-corrected chi connectivity index (χ4v) is 5.29. The highest BCUT2D eigenvalue weighted by Crippen LogP contribution is 2.28. The van der Waals surface area contributed by atoms with E-state index in [-0.39, 0.29) is 23.3 Å². The van der Waals surface area contributed by atoms with Crippen LogP contribution in [0.5, 0.6) is 0 Å². The van der Waals surface area contributed by atoms with Crippen LogP contribution in [-0.4, -0.2) is 43.4 Å². The van der Waals surface area contributed by atoms with Gasteiger partial charge < -0.3 is 18.7 Å². The number of aromatic nitrogens is 4. The molecule has 0 bridgehead atoms. The van der Waals surface area contributed by atoms with E-state index in [1.54, 1.807) is 4.90 Å². The first-order valence-electron chi connectivity index (χ1n) is 11.5. The number of para-hydroxylation sites is 2. The van der Waals surface area contributed by atoms with Crippen LogP contribution in [0.1, 0.15) is 40.8 Å². The maximum Gasteiger partial charge on any atom is 0.326 e. The van der Waals surface area contributed by atoms with Gasteiger partial charge in [0.1, 0.15) is 11.8 Å². The molecule has 10 heteroatoms. The highest BCUT2D eigenvalue weighted by molar-refractivity contribution is 7.98. The molecule has 4 heterocycles. The lowest BCUT2D eigenvalue weighted by Gasteiger charge is -2.32. The summed E-state index contributed by atoms with van der Waals surface area (Å²) in [5.74, 6) is 0.689. The Kier molecular flexibility index (Phi) is 5.44. The minimum Gasteiger partial charge on any atom is -0.447 e. The van der Waals surface area contributed by atoms with E-state index in [9.17, 15) is 9.59 Å². The first-order valence-corrected chi connectivity index (χ1v) is 12.5. The van der Waals surface area contributed by atoms with E-state index in [4.69, 9.17) is 8.83 Å². The standard InChI is InChI=1S/C25H23N5O4S/c1-15-6-7-21-18(12-15)28-25(34-21)35-14-22-26-19(13-33-22)23(31)29-10-8-16(9-11-29)30-20-5-3-2-4-17(20)27-24(30)32/h2-7,12-13,16H,8-11,14H2,1H3,(H,27,32). The van der Waals surface area contributed by atoms with Gasteiger partial charge in [-0.15, -0.1) is 0 Å². The molecule has 178 valence electrons. The third-order valence-corrected chi connectivity index (χ3v) is 7.17. The molecule has 1 fully saturated rings. The molecule has 1 N–H and O–H groups in total. The van der Waals surface area contributed by atoms with Gasteiger partial charge in [-0.1, -0.05) is 30.0 Å². The summed E-state index contributed by atoms with van der Waals surface area (Å²) in [4.78, 5) is 39.0. The summed E-state index contributed by atoms with van der Waals surface area (Å²) in [6, 6.07) is 13.6. The molecule has 1 aliphatic rings. The summed E-state index contributed by atoms with van der Waals surface area (Å²) in [7, 11) is 0. The molecular weight excluding hydrogens is 466 g/mol. The minimum atomic E-state index is -0.160. The number of piperidine rings is 1. The first-order chi connectivity index (χ1) is 17.0. The fourth-order valence-electron chi connectivity index (χ4n) is 4.60. The van der Waals surface area contributed by atoms with Crippen LogP contribution in [0, 0.1) is 6.92 Å². The van der Waals surface area contributed by atoms with Gasteiger partial charge in [0, 0.05) is 19.1 Å². The molecule has 6 rings (SSSR count). The predicted octanol–water partition coefficient (Wildman–Crippen LogP) is 4.54. The van der Waals surface area contributed by atoms with Crippen LogP contribution in [0.2, 0.25) is 0 Å². The highest BCUT2D eigenvalue weighted by atomic mass is 32.2. The summed E-state index contributed by atoms with van der Waals surface area (Å²) in [6.07, 6.45) is 2.81. The van der Waals surface area contributed by atoms with E-state index in [1.807, 2.05) is 54.0 Å². The zero-order valence-corrected chi connectivity index (χ0v) is 19.9. The van der Waals surface area contributed by atoms with Crippen LogP contribution in [0.25, 0.3) is 22.1 Å². The second-order valence-corrected chi connectivity index (χ2v) is 9.63. The van der Waals surface area contributed by atoms with Crippen LogP contribution < -0.4 is 5.69 Å². The zero-order valence-electron chi connectivity index (χ0n) is 19.1. The van der Waals surface area contributed by atoms with E-state index < -0.39 is 0 Å². The Bertz CT molecular complexity index is 1590. The van der Waals surface area contributed by atoms with Crippen LogP contribution in [-0.2, 0) is 5.75 Å². The van der Waals surface area contributed by atoms with Crippen molar-refractivity contribution >= 4 is 39.8 Å². The van der Waals surface area contributed by atoms with Crippen LogP contribution in [0.4, 0.5) is 0 Å². The summed E-state index contributed by atoms with van der Waals surface area (Å²) in [6.45, 7) is 3.11. The number of hydrogen-bond acceptors (Lipinski definition) is 7. The number of fused-ring (bicyclic) bond motifs is 2. The molecule has 0 atom stereocenters. The van der Waals surface area contributed by atoms with Crippen molar-refractivity contribution in [3.63, 3.8) is 0 Å². The van der Waals surface area contributed by atoms with Crippen LogP contribution in [0.15, 0.2) is 67.6 Å². The van der Waals surface area contributed by atoms with Crippen molar-refractivity contribution in [2.24, 2.45) is 0 Å². The van der Waals surface area contributed by atoms with Crippen molar-refractivity contribution < 1.29 is 13.6 Å². The number of imidazole rings is 1. The lowest BCUT2D eigenvalue weighted by atomic mass is 10.0. The predicted molar refractivity (Wildman–Crippen MR) is 132 cm³/mol. The average Bonchev–Trinajstić information content (AvgIpc) is 3.58. The molecule has 9 nitrogen and oxygen atoms in total. The number of H-pyrrole nitrogens is 1. The molecule has 1 aliphatic heterocycles. The Morgan fingerprint density at radius 1 is 1.17 bits per heavy atom. The molecule has 5 aromatic rings. The van der Waals surface area contributed by atoms with E-state index in [0.717, 1.165) is 27.7 Å². The molecular formula is C25H23N5O4S. The number of carbonyl (C=O) groups excluding carboxylic acids is 1. The van der Waals surface area contributed by atoms with Gasteiger partial charge in [-0.3, -0.25) is 9.36 Å². The lowest BCUT2D eigenvalue weighted by Crippen LogP contribution is -2.40. The van der Waals surface area contributed by atoms with Gasteiger partial charge in [-0.2, -0.15) is 0 Å². The van der Waals surface area contributed by atoms with Crippen molar-refractivity contribution in [1.82, 2.24) is 24.4 Å². The summed E-state index contributed by atoms with van der Waals surface area (Å²) < 4.78 is 13.1. The number of hydrogen-bond donors (Lipinski definition) is 1. The van der Waals surface area contributed by atoms with Crippen molar-refractivity contribution in [1.29, 1.82) is 0 Å². The number of aryl methyl sites for hydroxylation is 1. The van der Waals surface area contributed by atoms with Gasteiger partial charge in [0.05, 0.1) is 16.8 Å². The summed E-state index contributed by atoms with van der Waals surface area (Å²) in [5.41, 5.74) is 4.58. The number of aromatic amines is 1. The number of nitrogens with one attached hydrogen (secondary N) is 1. The third-order valence-electron chi connectivity index (χ3n) is 6.35. The first kappa shape index (κ1) is 21.7. The Labute approximate surface area is 204 Å². The molecule has 0 spiro atoms. The van der Waals surface area contributed by atoms with Gasteiger partial charge in [0.2, 0.25) is 5.89 Å². The van der Waals surface area contributed by atoms with Crippen molar-refractivity contribution in [3.05, 3.63) is 76.4 Å². The maximum atomic E-state index is 13.0. The number of carbonyl (C=O) groups is 1. The Morgan fingerprint density at radius 2 is 2.00 bits per heavy atom. The van der Waals surface area contributed by atoms with Gasteiger partial charge in [0.25, 0.3) is 11.1 Å². The lowest BCUT2D eigenvalue weighted by molar-refractivity contribution is 0.0689. The molecule has 2 aromatic carbocycles. The number of oxazole rings is 2. The highest BCUT2D eigenvalue weighted by Gasteiger charge is 2.28. The Balaban J connectivity index is 1.08. The molecule has 0 radical (unpaired) electrons. The van der Waals surface area contributed by atoms with Crippen molar-refractivity contribution in [2.75, 3.05) is 13.1 Å². The number of likely N-dealkylation sites (tertiary alicyclic amines) is 1. The normalized spacial score (nSPS) is 14.8. The molecule has 0 saturated carbocycles. The van der Waals surface area contributed by atoms with Crippen molar-refractivity contribution in [3.8, 4) is 0 Å². The van der Waals surface area contributed by atoms with Gasteiger partial charge in [0.15, 0.2) is 11.3 Å². The largest absolute Gasteiger partial charge is 0.447 e. The second kappa shape index (κ2) is 8.77. The second-order valence-electron chi connectivity index (χ2n) is 8.71. The summed E-state index contributed by atoms with van der Waals surface area (Å²) >= 11 is 1.37. The molecule has 35 heavy (non-hydrogen) atoms. The molecule has 1 saturated heterocycles. The average molecular weight is 490 g/mol. The monoisotopic (exact) mass is 489 g/mol. The van der Waals surface area contributed by atoms with E-state index in [0.29, 0.717) is 42.8 Å². The van der Waals surface area contributed by atoms with E-state index in [2.05, 4.69) is 15.0 Å². The van der Waals surface area contributed by atoms with E-state index >= 15 is 0 Å². The number of thioether (sulfide) groups is 1. The van der Waals surface area contributed by atoms with Gasteiger partial charge >= 0.3 is 5.69 Å².